The van der Waals surface area contributed by atoms with E-state index in [0.29, 0.717) is 25.1 Å². The van der Waals surface area contributed by atoms with Crippen LogP contribution in [0.2, 0.25) is 0 Å². The summed E-state index contributed by atoms with van der Waals surface area (Å²) in [7, 11) is 0. The summed E-state index contributed by atoms with van der Waals surface area (Å²) in [5, 5.41) is 14.8. The summed E-state index contributed by atoms with van der Waals surface area (Å²) in [6.07, 6.45) is 0.394. The van der Waals surface area contributed by atoms with Crippen LogP contribution in [0.5, 0.6) is 0 Å². The largest absolute Gasteiger partial charge is 0.383 e. The highest BCUT2D eigenvalue weighted by Gasteiger charge is 2.05. The third kappa shape index (κ3) is 4.08. The van der Waals surface area contributed by atoms with Crippen molar-refractivity contribution in [2.45, 2.75) is 13.3 Å². The molecule has 0 saturated carbocycles. The number of hydrogen-bond acceptors (Lipinski definition) is 3. The predicted octanol–water partition coefficient (Wildman–Crippen LogP) is 2.26. The van der Waals surface area contributed by atoms with Gasteiger partial charge in [0.2, 0.25) is 5.91 Å². The Kier molecular flexibility index (Phi) is 5.50. The molecule has 0 fully saturated rings. The summed E-state index contributed by atoms with van der Waals surface area (Å²) in [5.41, 5.74) is 1.30. The predicted molar refractivity (Wildman–Crippen MR) is 70.6 cm³/mol. The molecule has 0 aliphatic carbocycles. The molecule has 0 heterocycles. The molecule has 0 aliphatic rings. The standard InChI is InChI=1S/C12H14BrN3O/c1-2-15-12(17)6-7-16-11-5-3-4-10(13)9(11)8-14/h3-5,16H,2,6-7H2,1H3,(H,15,17). The van der Waals surface area contributed by atoms with E-state index in [1.807, 2.05) is 25.1 Å². The average molecular weight is 296 g/mol. The van der Waals surface area contributed by atoms with Crippen LogP contribution in [0.1, 0.15) is 18.9 Å². The average Bonchev–Trinajstić information content (AvgIpc) is 2.29. The maximum atomic E-state index is 11.2. The molecule has 0 bridgehead atoms. The van der Waals surface area contributed by atoms with Gasteiger partial charge in [0.15, 0.2) is 0 Å². The SMILES string of the molecule is CCNC(=O)CCNc1cccc(Br)c1C#N. The number of carbonyl (C=O) groups is 1. The number of hydrogen-bond donors (Lipinski definition) is 2. The van der Waals surface area contributed by atoms with Crippen LogP contribution < -0.4 is 10.6 Å². The zero-order valence-electron chi connectivity index (χ0n) is 9.59. The van der Waals surface area contributed by atoms with Crippen molar-refractivity contribution in [2.24, 2.45) is 0 Å². The maximum absolute atomic E-state index is 11.2. The lowest BCUT2D eigenvalue weighted by Crippen LogP contribution is -2.24. The second kappa shape index (κ2) is 6.92. The number of benzene rings is 1. The Balaban J connectivity index is 2.56. The molecule has 5 heteroatoms. The molecule has 4 nitrogen and oxygen atoms in total. The molecule has 1 aromatic rings. The molecular weight excluding hydrogens is 282 g/mol. The molecule has 1 rings (SSSR count). The Morgan fingerprint density at radius 3 is 2.94 bits per heavy atom. The highest BCUT2D eigenvalue weighted by Crippen LogP contribution is 2.23. The van der Waals surface area contributed by atoms with Gasteiger partial charge in [0.05, 0.1) is 11.3 Å². The Morgan fingerprint density at radius 2 is 2.29 bits per heavy atom. The second-order valence-corrected chi connectivity index (χ2v) is 4.26. The number of rotatable bonds is 5. The quantitative estimate of drug-likeness (QED) is 0.876. The Bertz CT molecular complexity index is 440. The summed E-state index contributed by atoms with van der Waals surface area (Å²) in [4.78, 5) is 11.2. The topological polar surface area (TPSA) is 64.9 Å². The van der Waals surface area contributed by atoms with Gasteiger partial charge in [-0.15, -0.1) is 0 Å². The first-order valence-electron chi connectivity index (χ1n) is 5.38. The number of amides is 1. The fourth-order valence-corrected chi connectivity index (χ4v) is 1.84. The Hall–Kier alpha value is -1.54. The molecule has 0 radical (unpaired) electrons. The third-order valence-electron chi connectivity index (χ3n) is 2.17. The zero-order valence-corrected chi connectivity index (χ0v) is 11.2. The fraction of sp³-hybridized carbons (Fsp3) is 0.333. The van der Waals surface area contributed by atoms with Crippen LogP contribution in [0.4, 0.5) is 5.69 Å². The highest BCUT2D eigenvalue weighted by atomic mass is 79.9. The summed E-state index contributed by atoms with van der Waals surface area (Å²) in [6, 6.07) is 7.60. The van der Waals surface area contributed by atoms with E-state index in [1.165, 1.54) is 0 Å². The van der Waals surface area contributed by atoms with Gasteiger partial charge in [-0.2, -0.15) is 5.26 Å². The van der Waals surface area contributed by atoms with Gasteiger partial charge in [-0.25, -0.2) is 0 Å². The maximum Gasteiger partial charge on any atom is 0.221 e. The van der Waals surface area contributed by atoms with Crippen molar-refractivity contribution in [3.63, 3.8) is 0 Å². The van der Waals surface area contributed by atoms with E-state index in [9.17, 15) is 4.79 Å². The molecule has 0 unspecified atom stereocenters. The lowest BCUT2D eigenvalue weighted by Gasteiger charge is -2.08. The normalized spacial score (nSPS) is 9.47. The van der Waals surface area contributed by atoms with E-state index in [1.54, 1.807) is 0 Å². The number of carbonyl (C=O) groups excluding carboxylic acids is 1. The van der Waals surface area contributed by atoms with Gasteiger partial charge >= 0.3 is 0 Å². The molecule has 2 N–H and O–H groups in total. The first-order valence-corrected chi connectivity index (χ1v) is 6.17. The van der Waals surface area contributed by atoms with Crippen LogP contribution in [-0.2, 0) is 4.79 Å². The Morgan fingerprint density at radius 1 is 1.53 bits per heavy atom. The summed E-state index contributed by atoms with van der Waals surface area (Å²) in [5.74, 6) is 0.00787. The van der Waals surface area contributed by atoms with Crippen LogP contribution >= 0.6 is 15.9 Å². The molecule has 0 atom stereocenters. The lowest BCUT2D eigenvalue weighted by molar-refractivity contribution is -0.120. The van der Waals surface area contributed by atoms with Crippen molar-refractivity contribution in [3.05, 3.63) is 28.2 Å². The van der Waals surface area contributed by atoms with Gasteiger partial charge in [0.1, 0.15) is 6.07 Å². The number of halogens is 1. The minimum Gasteiger partial charge on any atom is -0.383 e. The van der Waals surface area contributed by atoms with E-state index >= 15 is 0 Å². The molecule has 0 aromatic heterocycles. The molecule has 0 aliphatic heterocycles. The number of anilines is 1. The minimum absolute atomic E-state index is 0.00787. The summed E-state index contributed by atoms with van der Waals surface area (Å²) < 4.78 is 0.753. The van der Waals surface area contributed by atoms with Crippen molar-refractivity contribution in [3.8, 4) is 6.07 Å². The van der Waals surface area contributed by atoms with Crippen molar-refractivity contribution in [1.82, 2.24) is 5.32 Å². The molecule has 90 valence electrons. The van der Waals surface area contributed by atoms with Crippen LogP contribution in [0.25, 0.3) is 0 Å². The number of nitriles is 1. The van der Waals surface area contributed by atoms with Crippen molar-refractivity contribution in [2.75, 3.05) is 18.4 Å². The first kappa shape index (κ1) is 13.5. The highest BCUT2D eigenvalue weighted by molar-refractivity contribution is 9.10. The number of nitrogens with one attached hydrogen (secondary N) is 2. The van der Waals surface area contributed by atoms with Crippen molar-refractivity contribution < 1.29 is 4.79 Å². The Labute approximate surface area is 109 Å². The molecule has 17 heavy (non-hydrogen) atoms. The van der Waals surface area contributed by atoms with E-state index in [2.05, 4.69) is 32.6 Å². The molecule has 1 amide bonds. The van der Waals surface area contributed by atoms with Crippen molar-refractivity contribution >= 4 is 27.5 Å². The fourth-order valence-electron chi connectivity index (χ4n) is 1.38. The minimum atomic E-state index is 0.00787. The van der Waals surface area contributed by atoms with Gasteiger partial charge in [-0.3, -0.25) is 4.79 Å². The van der Waals surface area contributed by atoms with Gasteiger partial charge in [0, 0.05) is 24.0 Å². The molecule has 1 aromatic carbocycles. The van der Waals surface area contributed by atoms with Gasteiger partial charge in [-0.05, 0) is 35.0 Å². The van der Waals surface area contributed by atoms with Crippen molar-refractivity contribution in [1.29, 1.82) is 5.26 Å². The summed E-state index contributed by atoms with van der Waals surface area (Å²) >= 11 is 3.31. The smallest absolute Gasteiger partial charge is 0.221 e. The number of nitrogens with zero attached hydrogens (tertiary/aromatic N) is 1. The van der Waals surface area contributed by atoms with E-state index in [4.69, 9.17) is 5.26 Å². The molecular formula is C12H14BrN3O. The van der Waals surface area contributed by atoms with Gasteiger partial charge < -0.3 is 10.6 Å². The van der Waals surface area contributed by atoms with Crippen LogP contribution in [0, 0.1) is 11.3 Å². The third-order valence-corrected chi connectivity index (χ3v) is 2.83. The van der Waals surface area contributed by atoms with Gasteiger partial charge in [0.25, 0.3) is 0 Å². The molecule has 0 spiro atoms. The van der Waals surface area contributed by atoms with Crippen LogP contribution in [0.3, 0.4) is 0 Å². The molecule has 0 saturated heterocycles. The van der Waals surface area contributed by atoms with Crippen LogP contribution in [-0.4, -0.2) is 19.0 Å². The lowest BCUT2D eigenvalue weighted by atomic mass is 10.2. The zero-order chi connectivity index (χ0) is 12.7. The van der Waals surface area contributed by atoms with E-state index in [-0.39, 0.29) is 5.91 Å². The summed E-state index contributed by atoms with van der Waals surface area (Å²) in [6.45, 7) is 3.03. The second-order valence-electron chi connectivity index (χ2n) is 3.40. The van der Waals surface area contributed by atoms with E-state index < -0.39 is 0 Å². The van der Waals surface area contributed by atoms with Gasteiger partial charge in [-0.1, -0.05) is 6.07 Å². The van der Waals surface area contributed by atoms with E-state index in [0.717, 1.165) is 10.2 Å². The van der Waals surface area contributed by atoms with Crippen LogP contribution in [0.15, 0.2) is 22.7 Å². The first-order chi connectivity index (χ1) is 8.19. The monoisotopic (exact) mass is 295 g/mol.